The highest BCUT2D eigenvalue weighted by molar-refractivity contribution is 6.08. The summed E-state index contributed by atoms with van der Waals surface area (Å²) in [5.41, 5.74) is 1.90. The Balaban J connectivity index is 1.62. The maximum absolute atomic E-state index is 13.0. The molecule has 0 saturated carbocycles. The van der Waals surface area contributed by atoms with Crippen molar-refractivity contribution in [2.45, 2.75) is 12.8 Å². The number of nitro groups is 1. The number of non-ortho nitro benzene ring substituents is 1. The van der Waals surface area contributed by atoms with Gasteiger partial charge in [0.2, 0.25) is 5.91 Å². The third-order valence-corrected chi connectivity index (χ3v) is 5.31. The Morgan fingerprint density at radius 3 is 2.65 bits per heavy atom. The number of nitrogens with zero attached hydrogens (tertiary/aromatic N) is 3. The first-order valence-corrected chi connectivity index (χ1v) is 9.68. The van der Waals surface area contributed by atoms with E-state index in [0.29, 0.717) is 34.7 Å². The van der Waals surface area contributed by atoms with Gasteiger partial charge < -0.3 is 14.5 Å². The number of nitro benzene ring substituents is 1. The van der Waals surface area contributed by atoms with E-state index >= 15 is 0 Å². The van der Waals surface area contributed by atoms with Crippen LogP contribution in [0.25, 0.3) is 0 Å². The summed E-state index contributed by atoms with van der Waals surface area (Å²) in [6.45, 7) is 3.64. The van der Waals surface area contributed by atoms with Crippen LogP contribution in [0.1, 0.15) is 22.3 Å². The molecule has 2 aliphatic rings. The molecule has 4 rings (SSSR count). The monoisotopic (exact) mass is 421 g/mol. The number of aryl methyl sites for hydroxylation is 1. The van der Waals surface area contributed by atoms with E-state index in [1.807, 2.05) is 0 Å². The molecule has 0 spiro atoms. The summed E-state index contributed by atoms with van der Waals surface area (Å²) in [6, 6.07) is 9.05. The largest absolute Gasteiger partial charge is 0.482 e. The zero-order valence-electron chi connectivity index (χ0n) is 16.6. The number of fused-ring (bicyclic) bond motifs is 2. The molecule has 31 heavy (non-hydrogen) atoms. The van der Waals surface area contributed by atoms with Gasteiger partial charge >= 0.3 is 0 Å². The van der Waals surface area contributed by atoms with Gasteiger partial charge in [0.05, 0.1) is 17.2 Å². The summed E-state index contributed by atoms with van der Waals surface area (Å²) in [7, 11) is 0. The molecule has 0 unspecified atom stereocenters. The zero-order valence-corrected chi connectivity index (χ0v) is 16.6. The van der Waals surface area contributed by atoms with Gasteiger partial charge in [-0.3, -0.25) is 24.5 Å². The summed E-state index contributed by atoms with van der Waals surface area (Å²) >= 11 is 0. The highest BCUT2D eigenvalue weighted by Gasteiger charge is 2.29. The topological polar surface area (TPSA) is 110 Å². The molecule has 2 aromatic carbocycles. The number of anilines is 2. The van der Waals surface area contributed by atoms with Gasteiger partial charge in [-0.2, -0.15) is 0 Å². The quantitative estimate of drug-likeness (QED) is 0.307. The number of benzene rings is 2. The summed E-state index contributed by atoms with van der Waals surface area (Å²) in [6.07, 6.45) is 2.14. The lowest BCUT2D eigenvalue weighted by Gasteiger charge is -2.30. The average Bonchev–Trinajstić information content (AvgIpc) is 2.77. The first-order valence-electron chi connectivity index (χ1n) is 9.68. The Bertz CT molecular complexity index is 1130. The predicted molar refractivity (Wildman–Crippen MR) is 113 cm³/mol. The van der Waals surface area contributed by atoms with Crippen molar-refractivity contribution in [2.24, 2.45) is 0 Å². The third kappa shape index (κ3) is 3.77. The van der Waals surface area contributed by atoms with Crippen LogP contribution in [0.2, 0.25) is 0 Å². The van der Waals surface area contributed by atoms with Gasteiger partial charge in [0, 0.05) is 36.3 Å². The summed E-state index contributed by atoms with van der Waals surface area (Å²) < 4.78 is 5.43. The fourth-order valence-corrected chi connectivity index (χ4v) is 3.77. The van der Waals surface area contributed by atoms with Gasteiger partial charge in [-0.25, -0.2) is 0 Å². The van der Waals surface area contributed by atoms with Crippen molar-refractivity contribution in [3.05, 3.63) is 70.3 Å². The predicted octanol–water partition coefficient (Wildman–Crippen LogP) is 2.67. The maximum Gasteiger partial charge on any atom is 0.269 e. The second-order valence-corrected chi connectivity index (χ2v) is 7.24. The van der Waals surface area contributed by atoms with Crippen molar-refractivity contribution in [3.8, 4) is 5.75 Å². The van der Waals surface area contributed by atoms with E-state index in [1.54, 1.807) is 24.3 Å². The first kappa shape index (κ1) is 20.3. The van der Waals surface area contributed by atoms with Crippen molar-refractivity contribution < 1.29 is 24.0 Å². The van der Waals surface area contributed by atoms with E-state index in [2.05, 4.69) is 6.58 Å². The number of Topliss-reactive ketones (excluding diaryl/α,β-unsaturated/α-hetero) is 1. The molecule has 2 aliphatic heterocycles. The Morgan fingerprint density at radius 1 is 1.10 bits per heavy atom. The van der Waals surface area contributed by atoms with E-state index in [9.17, 15) is 24.5 Å². The van der Waals surface area contributed by atoms with Gasteiger partial charge in [-0.15, -0.1) is 6.58 Å². The molecule has 0 radical (unpaired) electrons. The van der Waals surface area contributed by atoms with Crippen LogP contribution in [0.3, 0.4) is 0 Å². The molecule has 0 aliphatic carbocycles. The highest BCUT2D eigenvalue weighted by Crippen LogP contribution is 2.34. The first-order chi connectivity index (χ1) is 14.9. The fourth-order valence-electron chi connectivity index (χ4n) is 3.77. The number of ether oxygens (including phenoxy) is 1. The summed E-state index contributed by atoms with van der Waals surface area (Å²) in [5.74, 6) is -0.290. The normalized spacial score (nSPS) is 15.1. The number of ketones is 1. The summed E-state index contributed by atoms with van der Waals surface area (Å²) in [4.78, 5) is 51.1. The molecule has 0 atom stereocenters. The van der Waals surface area contributed by atoms with E-state index < -0.39 is 4.92 Å². The third-order valence-electron chi connectivity index (χ3n) is 5.31. The van der Waals surface area contributed by atoms with Gasteiger partial charge in [-0.05, 0) is 36.2 Å². The van der Waals surface area contributed by atoms with Crippen molar-refractivity contribution >= 4 is 34.7 Å². The lowest BCUT2D eigenvalue weighted by molar-refractivity contribution is -0.384. The second kappa shape index (κ2) is 8.02. The van der Waals surface area contributed by atoms with Crippen LogP contribution in [0.4, 0.5) is 17.1 Å². The van der Waals surface area contributed by atoms with Gasteiger partial charge in [-0.1, -0.05) is 6.08 Å². The molecule has 2 amide bonds. The highest BCUT2D eigenvalue weighted by atomic mass is 16.6. The van der Waals surface area contributed by atoms with Crippen LogP contribution in [0.15, 0.2) is 49.1 Å². The fraction of sp³-hybridized carbons (Fsp3) is 0.227. The van der Waals surface area contributed by atoms with Crippen LogP contribution in [0, 0.1) is 10.1 Å². The van der Waals surface area contributed by atoms with Crippen molar-refractivity contribution in [3.63, 3.8) is 0 Å². The molecular formula is C22H19N3O6. The molecule has 0 fully saturated rings. The molecule has 2 heterocycles. The van der Waals surface area contributed by atoms with E-state index in [1.165, 1.54) is 28.0 Å². The number of hydrogen-bond acceptors (Lipinski definition) is 6. The summed E-state index contributed by atoms with van der Waals surface area (Å²) in [5, 5.41) is 11.0. The Morgan fingerprint density at radius 2 is 1.90 bits per heavy atom. The van der Waals surface area contributed by atoms with Crippen molar-refractivity contribution in [1.82, 2.24) is 0 Å². The Labute approximate surface area is 177 Å². The molecule has 0 saturated heterocycles. The molecule has 2 aromatic rings. The number of hydrogen-bond donors (Lipinski definition) is 0. The Kier molecular flexibility index (Phi) is 5.24. The van der Waals surface area contributed by atoms with Crippen molar-refractivity contribution in [1.29, 1.82) is 0 Å². The molecule has 9 heteroatoms. The standard InChI is InChI=1S/C22H19N3O6/c1-2-9-23-18-11-15(3-7-20(18)31-13-22(23)28)19(26)12-24-17-6-5-16(25(29)30)10-14(17)4-8-21(24)27/h2-3,5-7,10-11H,1,4,8-9,12-13H2. The van der Waals surface area contributed by atoms with Crippen LogP contribution in [-0.4, -0.2) is 42.2 Å². The minimum Gasteiger partial charge on any atom is -0.482 e. The Hall–Kier alpha value is -4.01. The van der Waals surface area contributed by atoms with Gasteiger partial charge in [0.25, 0.3) is 11.6 Å². The number of rotatable bonds is 6. The number of amides is 2. The minimum absolute atomic E-state index is 0.0546. The molecule has 0 bridgehead atoms. The van der Waals surface area contributed by atoms with Gasteiger partial charge in [0.15, 0.2) is 12.4 Å². The molecule has 158 valence electrons. The van der Waals surface area contributed by atoms with Crippen LogP contribution >= 0.6 is 0 Å². The van der Waals surface area contributed by atoms with Crippen LogP contribution in [-0.2, 0) is 16.0 Å². The number of carbonyl (C=O) groups is 3. The van der Waals surface area contributed by atoms with E-state index in [4.69, 9.17) is 4.74 Å². The maximum atomic E-state index is 13.0. The SMILES string of the molecule is C=CCN1C(=O)COc2ccc(C(=O)CN3C(=O)CCc4cc([N+](=O)[O-])ccc43)cc21. The molecular weight excluding hydrogens is 402 g/mol. The van der Waals surface area contributed by atoms with Crippen LogP contribution in [0.5, 0.6) is 5.75 Å². The number of carbonyl (C=O) groups excluding carboxylic acids is 3. The molecule has 0 aromatic heterocycles. The van der Waals surface area contributed by atoms with E-state index in [-0.39, 0.29) is 49.4 Å². The van der Waals surface area contributed by atoms with Crippen molar-refractivity contribution in [2.75, 3.05) is 29.5 Å². The zero-order chi connectivity index (χ0) is 22.1. The second-order valence-electron chi connectivity index (χ2n) is 7.24. The lowest BCUT2D eigenvalue weighted by Crippen LogP contribution is -2.40. The average molecular weight is 421 g/mol. The minimum atomic E-state index is -0.488. The van der Waals surface area contributed by atoms with Gasteiger partial charge in [0.1, 0.15) is 5.75 Å². The van der Waals surface area contributed by atoms with Crippen LogP contribution < -0.4 is 14.5 Å². The smallest absolute Gasteiger partial charge is 0.269 e. The molecule has 9 nitrogen and oxygen atoms in total. The lowest BCUT2D eigenvalue weighted by atomic mass is 9.99. The van der Waals surface area contributed by atoms with E-state index in [0.717, 1.165) is 0 Å². The molecule has 0 N–H and O–H groups in total.